The van der Waals surface area contributed by atoms with Gasteiger partial charge in [0, 0.05) is 30.4 Å². The molecule has 0 atom stereocenters. The Balaban J connectivity index is 2.27. The summed E-state index contributed by atoms with van der Waals surface area (Å²) < 4.78 is 39.4. The molecule has 0 saturated carbocycles. The number of carbonyl (C=O) groups is 1. The smallest absolute Gasteiger partial charge is 0.255 e. The highest BCUT2D eigenvalue weighted by Crippen LogP contribution is 2.20. The molecule has 1 aromatic carbocycles. The Morgan fingerprint density at radius 2 is 2.00 bits per heavy atom. The molecule has 0 radical (unpaired) electrons. The molecule has 0 aliphatic carbocycles. The molecule has 20 heavy (non-hydrogen) atoms. The number of aromatic nitrogens is 1. The number of pyridine rings is 1. The average Bonchev–Trinajstić information content (AvgIpc) is 2.44. The maximum absolute atomic E-state index is 13.4. The number of halogens is 3. The molecule has 0 aliphatic rings. The predicted molar refractivity (Wildman–Crippen MR) is 66.4 cm³/mol. The van der Waals surface area contributed by atoms with Crippen LogP contribution in [0, 0.1) is 17.5 Å². The van der Waals surface area contributed by atoms with Crippen molar-refractivity contribution in [3.8, 4) is 0 Å². The van der Waals surface area contributed by atoms with Gasteiger partial charge in [-0.3, -0.25) is 9.78 Å². The minimum atomic E-state index is -1.38. The highest BCUT2D eigenvalue weighted by atomic mass is 19.2. The molecule has 0 saturated heterocycles. The molecular formula is C13H10F3N3O. The number of carbonyl (C=O) groups excluding carboxylic acids is 1. The molecule has 0 spiro atoms. The van der Waals surface area contributed by atoms with Gasteiger partial charge in [0.2, 0.25) is 0 Å². The number of hydrogen-bond acceptors (Lipinski definition) is 3. The van der Waals surface area contributed by atoms with Crippen molar-refractivity contribution in [2.45, 2.75) is 6.54 Å². The summed E-state index contributed by atoms with van der Waals surface area (Å²) in [5, 5.41) is 2.10. The van der Waals surface area contributed by atoms with Crippen LogP contribution >= 0.6 is 0 Å². The van der Waals surface area contributed by atoms with Crippen LogP contribution < -0.4 is 11.1 Å². The number of benzene rings is 1. The second kappa shape index (κ2) is 5.70. The van der Waals surface area contributed by atoms with Gasteiger partial charge in [0.25, 0.3) is 5.91 Å². The number of nitrogens with zero attached hydrogens (tertiary/aromatic N) is 1. The van der Waals surface area contributed by atoms with E-state index in [-0.39, 0.29) is 12.1 Å². The lowest BCUT2D eigenvalue weighted by molar-refractivity contribution is 0.102. The summed E-state index contributed by atoms with van der Waals surface area (Å²) >= 11 is 0. The largest absolute Gasteiger partial charge is 0.325 e. The van der Waals surface area contributed by atoms with Crippen molar-refractivity contribution in [1.82, 2.24) is 4.98 Å². The van der Waals surface area contributed by atoms with Crippen molar-refractivity contribution < 1.29 is 18.0 Å². The van der Waals surface area contributed by atoms with Crippen LogP contribution in [0.4, 0.5) is 18.9 Å². The zero-order valence-corrected chi connectivity index (χ0v) is 10.2. The number of amides is 1. The number of nitrogens with two attached hydrogens (primary N) is 1. The lowest BCUT2D eigenvalue weighted by Crippen LogP contribution is -2.15. The van der Waals surface area contributed by atoms with Gasteiger partial charge >= 0.3 is 0 Å². The number of nitrogens with one attached hydrogen (secondary N) is 1. The van der Waals surface area contributed by atoms with Crippen LogP contribution in [0.2, 0.25) is 0 Å². The van der Waals surface area contributed by atoms with Gasteiger partial charge in [-0.2, -0.15) is 0 Å². The average molecular weight is 281 g/mol. The van der Waals surface area contributed by atoms with Crippen molar-refractivity contribution in [3.63, 3.8) is 0 Å². The van der Waals surface area contributed by atoms with Gasteiger partial charge in [0.15, 0.2) is 11.6 Å². The summed E-state index contributed by atoms with van der Waals surface area (Å²) in [5.74, 6) is -4.41. The van der Waals surface area contributed by atoms with Gasteiger partial charge in [-0.1, -0.05) is 0 Å². The quantitative estimate of drug-likeness (QED) is 0.847. The molecule has 2 aromatic rings. The first-order chi connectivity index (χ1) is 9.51. The Morgan fingerprint density at radius 1 is 1.25 bits per heavy atom. The van der Waals surface area contributed by atoms with Gasteiger partial charge in [-0.05, 0) is 12.1 Å². The summed E-state index contributed by atoms with van der Waals surface area (Å²) in [7, 11) is 0. The van der Waals surface area contributed by atoms with E-state index in [1.54, 1.807) is 0 Å². The fourth-order valence-electron chi connectivity index (χ4n) is 1.57. The summed E-state index contributed by atoms with van der Waals surface area (Å²) in [4.78, 5) is 15.8. The third kappa shape index (κ3) is 2.94. The first-order valence-corrected chi connectivity index (χ1v) is 5.62. The first-order valence-electron chi connectivity index (χ1n) is 5.62. The molecular weight excluding hydrogens is 271 g/mol. The van der Waals surface area contributed by atoms with E-state index in [9.17, 15) is 18.0 Å². The van der Waals surface area contributed by atoms with Gasteiger partial charge in [-0.25, -0.2) is 13.2 Å². The first kappa shape index (κ1) is 14.0. The lowest BCUT2D eigenvalue weighted by Gasteiger charge is -2.08. The Bertz CT molecular complexity index is 661. The Kier molecular flexibility index (Phi) is 3.99. The normalized spacial score (nSPS) is 10.4. The van der Waals surface area contributed by atoms with Crippen molar-refractivity contribution >= 4 is 11.6 Å². The van der Waals surface area contributed by atoms with Crippen molar-refractivity contribution in [3.05, 3.63) is 59.2 Å². The van der Waals surface area contributed by atoms with Crippen LogP contribution in [0.5, 0.6) is 0 Å². The van der Waals surface area contributed by atoms with Gasteiger partial charge in [0.1, 0.15) is 5.82 Å². The van der Waals surface area contributed by atoms with Crippen molar-refractivity contribution in [2.75, 3.05) is 5.32 Å². The van der Waals surface area contributed by atoms with E-state index in [0.717, 1.165) is 0 Å². The van der Waals surface area contributed by atoms with E-state index < -0.39 is 29.0 Å². The molecule has 0 aliphatic heterocycles. The van der Waals surface area contributed by atoms with Crippen LogP contribution in [-0.2, 0) is 6.54 Å². The Hall–Kier alpha value is -2.41. The molecule has 1 aromatic heterocycles. The summed E-state index contributed by atoms with van der Waals surface area (Å²) in [6.07, 6.45) is 1.36. The standard InChI is InChI=1S/C13H10F3N3O/c14-8-4-10(15)12(16)11(5-8)19-13(20)7-1-2-18-9(3-7)6-17/h1-5H,6,17H2,(H,19,20). The molecule has 4 nitrogen and oxygen atoms in total. The zero-order valence-electron chi connectivity index (χ0n) is 10.2. The van der Waals surface area contributed by atoms with E-state index in [1.165, 1.54) is 18.3 Å². The van der Waals surface area contributed by atoms with E-state index in [2.05, 4.69) is 10.3 Å². The Labute approximate surface area is 112 Å². The minimum absolute atomic E-state index is 0.129. The molecule has 0 fully saturated rings. The zero-order chi connectivity index (χ0) is 14.7. The van der Waals surface area contributed by atoms with E-state index in [1.807, 2.05) is 0 Å². The van der Waals surface area contributed by atoms with Crippen molar-refractivity contribution in [2.24, 2.45) is 5.73 Å². The fraction of sp³-hybridized carbons (Fsp3) is 0.0769. The second-order valence-electron chi connectivity index (χ2n) is 3.94. The molecule has 0 unspecified atom stereocenters. The molecule has 1 amide bonds. The molecule has 0 bridgehead atoms. The number of hydrogen-bond donors (Lipinski definition) is 2. The van der Waals surface area contributed by atoms with Gasteiger partial charge in [0.05, 0.1) is 11.4 Å². The topological polar surface area (TPSA) is 68.0 Å². The molecule has 2 rings (SSSR count). The number of anilines is 1. The van der Waals surface area contributed by atoms with Crippen LogP contribution in [0.25, 0.3) is 0 Å². The maximum Gasteiger partial charge on any atom is 0.255 e. The van der Waals surface area contributed by atoms with Crippen LogP contribution in [0.3, 0.4) is 0 Å². The third-order valence-electron chi connectivity index (χ3n) is 2.53. The molecule has 1 heterocycles. The number of rotatable bonds is 3. The van der Waals surface area contributed by atoms with Gasteiger partial charge < -0.3 is 11.1 Å². The monoisotopic (exact) mass is 281 g/mol. The lowest BCUT2D eigenvalue weighted by atomic mass is 10.2. The van der Waals surface area contributed by atoms with E-state index >= 15 is 0 Å². The van der Waals surface area contributed by atoms with Crippen molar-refractivity contribution in [1.29, 1.82) is 0 Å². The molecule has 7 heteroatoms. The van der Waals surface area contributed by atoms with E-state index in [4.69, 9.17) is 5.73 Å². The minimum Gasteiger partial charge on any atom is -0.325 e. The second-order valence-corrected chi connectivity index (χ2v) is 3.94. The summed E-state index contributed by atoms with van der Waals surface area (Å²) in [6, 6.07) is 3.87. The third-order valence-corrected chi connectivity index (χ3v) is 2.53. The maximum atomic E-state index is 13.4. The predicted octanol–water partition coefficient (Wildman–Crippen LogP) is 2.21. The summed E-state index contributed by atoms with van der Waals surface area (Å²) in [6.45, 7) is 0.129. The molecule has 104 valence electrons. The Morgan fingerprint density at radius 3 is 2.70 bits per heavy atom. The highest BCUT2D eigenvalue weighted by Gasteiger charge is 2.14. The van der Waals surface area contributed by atoms with Gasteiger partial charge in [-0.15, -0.1) is 0 Å². The highest BCUT2D eigenvalue weighted by molar-refractivity contribution is 6.04. The SMILES string of the molecule is NCc1cc(C(=O)Nc2cc(F)cc(F)c2F)ccn1. The van der Waals surface area contributed by atoms with Crippen LogP contribution in [-0.4, -0.2) is 10.9 Å². The fourth-order valence-corrected chi connectivity index (χ4v) is 1.57. The van der Waals surface area contributed by atoms with Crippen LogP contribution in [0.1, 0.15) is 16.1 Å². The van der Waals surface area contributed by atoms with Crippen LogP contribution in [0.15, 0.2) is 30.5 Å². The molecule has 3 N–H and O–H groups in total. The summed E-state index contributed by atoms with van der Waals surface area (Å²) in [5.41, 5.74) is 5.43. The van der Waals surface area contributed by atoms with E-state index in [0.29, 0.717) is 17.8 Å².